The van der Waals surface area contributed by atoms with Crippen LogP contribution in [-0.2, 0) is 0 Å². The van der Waals surface area contributed by atoms with Crippen LogP contribution in [0.15, 0.2) is 52.9 Å². The van der Waals surface area contributed by atoms with E-state index in [4.69, 9.17) is 9.15 Å². The van der Waals surface area contributed by atoms with Crippen molar-refractivity contribution in [2.24, 2.45) is 0 Å². The Morgan fingerprint density at radius 2 is 1.68 bits per heavy atom. The predicted molar refractivity (Wildman–Crippen MR) is 96.5 cm³/mol. The number of pyridine rings is 1. The first-order valence-electron chi connectivity index (χ1n) is 8.01. The van der Waals surface area contributed by atoms with Crippen molar-refractivity contribution in [3.63, 3.8) is 0 Å². The Morgan fingerprint density at radius 3 is 2.44 bits per heavy atom. The number of para-hydroxylation sites is 1. The molecule has 0 spiro atoms. The highest BCUT2D eigenvalue weighted by Crippen LogP contribution is 2.31. The van der Waals surface area contributed by atoms with Crippen molar-refractivity contribution in [1.29, 1.82) is 0 Å². The number of methoxy groups -OCH3 is 1. The molecule has 0 fully saturated rings. The number of rotatable bonds is 3. The van der Waals surface area contributed by atoms with Gasteiger partial charge in [0.2, 0.25) is 11.8 Å². The van der Waals surface area contributed by atoms with Crippen LogP contribution in [0.2, 0.25) is 0 Å². The lowest BCUT2D eigenvalue weighted by molar-refractivity contribution is 0.419. The fourth-order valence-electron chi connectivity index (χ4n) is 2.79. The Bertz CT molecular complexity index is 1050. The highest BCUT2D eigenvalue weighted by atomic mass is 16.5. The van der Waals surface area contributed by atoms with Crippen LogP contribution in [0.5, 0.6) is 5.75 Å². The summed E-state index contributed by atoms with van der Waals surface area (Å²) in [5.74, 6) is 1.71. The molecule has 5 heteroatoms. The zero-order chi connectivity index (χ0) is 17.4. The highest BCUT2D eigenvalue weighted by molar-refractivity contribution is 5.88. The summed E-state index contributed by atoms with van der Waals surface area (Å²) in [6, 6.07) is 15.8. The molecule has 0 bridgehead atoms. The molecule has 0 aliphatic carbocycles. The van der Waals surface area contributed by atoms with E-state index in [1.807, 2.05) is 62.4 Å². The van der Waals surface area contributed by atoms with E-state index < -0.39 is 0 Å². The molecular weight excluding hydrogens is 314 g/mol. The fraction of sp³-hybridized carbons (Fsp3) is 0.150. The van der Waals surface area contributed by atoms with Gasteiger partial charge in [0, 0.05) is 10.9 Å². The first-order valence-corrected chi connectivity index (χ1v) is 8.01. The molecule has 4 rings (SSSR count). The third-order valence-electron chi connectivity index (χ3n) is 4.17. The summed E-state index contributed by atoms with van der Waals surface area (Å²) in [5.41, 5.74) is 4.55. The Hall–Kier alpha value is -3.21. The van der Waals surface area contributed by atoms with Gasteiger partial charge >= 0.3 is 0 Å². The minimum atomic E-state index is 0.463. The number of nitrogens with zero attached hydrogens (tertiary/aromatic N) is 3. The molecule has 0 aliphatic rings. The number of fused-ring (bicyclic) bond motifs is 1. The van der Waals surface area contributed by atoms with Gasteiger partial charge in [-0.15, -0.1) is 10.2 Å². The van der Waals surface area contributed by atoms with Crippen molar-refractivity contribution < 1.29 is 9.15 Å². The van der Waals surface area contributed by atoms with Crippen molar-refractivity contribution in [2.75, 3.05) is 7.11 Å². The third-order valence-corrected chi connectivity index (χ3v) is 4.17. The Balaban J connectivity index is 1.80. The summed E-state index contributed by atoms with van der Waals surface area (Å²) >= 11 is 0. The second-order valence-electron chi connectivity index (χ2n) is 5.93. The summed E-state index contributed by atoms with van der Waals surface area (Å²) in [4.78, 5) is 4.66. The standard InChI is InChI=1S/C20H17N3O2/c1-12-7-9-14(10-8-12)19-22-23-20(25-19)16-11-15-5-4-6-17(24-3)18(15)21-13(16)2/h4-11H,1-3H3. The summed E-state index contributed by atoms with van der Waals surface area (Å²) in [6.07, 6.45) is 0. The monoisotopic (exact) mass is 331 g/mol. The van der Waals surface area contributed by atoms with E-state index in [0.29, 0.717) is 11.8 Å². The van der Waals surface area contributed by atoms with E-state index in [-0.39, 0.29) is 0 Å². The van der Waals surface area contributed by atoms with Gasteiger partial charge in [0.1, 0.15) is 11.3 Å². The molecule has 5 nitrogen and oxygen atoms in total. The number of hydrogen-bond acceptors (Lipinski definition) is 5. The van der Waals surface area contributed by atoms with Gasteiger partial charge in [-0.05, 0) is 38.1 Å². The van der Waals surface area contributed by atoms with Crippen LogP contribution >= 0.6 is 0 Å². The number of aryl methyl sites for hydroxylation is 2. The minimum Gasteiger partial charge on any atom is -0.494 e. The van der Waals surface area contributed by atoms with Crippen LogP contribution in [0.3, 0.4) is 0 Å². The van der Waals surface area contributed by atoms with Gasteiger partial charge < -0.3 is 9.15 Å². The summed E-state index contributed by atoms with van der Waals surface area (Å²) in [5, 5.41) is 9.35. The SMILES string of the molecule is COc1cccc2cc(-c3nnc(-c4ccc(C)cc4)o3)c(C)nc12. The summed E-state index contributed by atoms with van der Waals surface area (Å²) < 4.78 is 11.3. The van der Waals surface area contributed by atoms with Gasteiger partial charge in [-0.2, -0.15) is 0 Å². The highest BCUT2D eigenvalue weighted by Gasteiger charge is 2.15. The molecule has 4 aromatic rings. The normalized spacial score (nSPS) is 11.0. The molecule has 0 N–H and O–H groups in total. The van der Waals surface area contributed by atoms with Crippen molar-refractivity contribution in [2.45, 2.75) is 13.8 Å². The number of aromatic nitrogens is 3. The largest absolute Gasteiger partial charge is 0.494 e. The first-order chi connectivity index (χ1) is 12.2. The second-order valence-corrected chi connectivity index (χ2v) is 5.93. The molecule has 0 radical (unpaired) electrons. The first kappa shape index (κ1) is 15.3. The molecule has 0 unspecified atom stereocenters. The molecule has 2 heterocycles. The van der Waals surface area contributed by atoms with E-state index in [9.17, 15) is 0 Å². The fourth-order valence-corrected chi connectivity index (χ4v) is 2.79. The van der Waals surface area contributed by atoms with Crippen LogP contribution in [0.25, 0.3) is 33.8 Å². The van der Waals surface area contributed by atoms with Crippen molar-refractivity contribution in [1.82, 2.24) is 15.2 Å². The molecule has 0 saturated carbocycles. The van der Waals surface area contributed by atoms with Gasteiger partial charge in [-0.25, -0.2) is 4.98 Å². The maximum Gasteiger partial charge on any atom is 0.250 e. The Labute approximate surface area is 145 Å². The van der Waals surface area contributed by atoms with Crippen LogP contribution in [0.4, 0.5) is 0 Å². The molecule has 0 aliphatic heterocycles. The molecule has 124 valence electrons. The Morgan fingerprint density at radius 1 is 0.920 bits per heavy atom. The molecule has 0 saturated heterocycles. The average molecular weight is 331 g/mol. The topological polar surface area (TPSA) is 61.0 Å². The quantitative estimate of drug-likeness (QED) is 0.550. The lowest BCUT2D eigenvalue weighted by Crippen LogP contribution is -1.93. The third kappa shape index (κ3) is 2.74. The minimum absolute atomic E-state index is 0.463. The maximum atomic E-state index is 5.89. The van der Waals surface area contributed by atoms with Gasteiger partial charge in [0.05, 0.1) is 18.4 Å². The van der Waals surface area contributed by atoms with Crippen molar-refractivity contribution in [3.8, 4) is 28.7 Å². The molecule has 0 amide bonds. The van der Waals surface area contributed by atoms with Crippen LogP contribution < -0.4 is 4.74 Å². The van der Waals surface area contributed by atoms with Crippen molar-refractivity contribution >= 4 is 10.9 Å². The zero-order valence-electron chi connectivity index (χ0n) is 14.3. The lowest BCUT2D eigenvalue weighted by Gasteiger charge is -2.07. The van der Waals surface area contributed by atoms with E-state index in [1.54, 1.807) is 7.11 Å². The second kappa shape index (κ2) is 6.02. The van der Waals surface area contributed by atoms with Crippen LogP contribution in [-0.4, -0.2) is 22.3 Å². The van der Waals surface area contributed by atoms with Crippen LogP contribution in [0, 0.1) is 13.8 Å². The van der Waals surface area contributed by atoms with Gasteiger partial charge in [0.25, 0.3) is 0 Å². The molecule has 25 heavy (non-hydrogen) atoms. The lowest BCUT2D eigenvalue weighted by atomic mass is 10.1. The smallest absolute Gasteiger partial charge is 0.250 e. The van der Waals surface area contributed by atoms with Gasteiger partial charge in [0.15, 0.2) is 0 Å². The number of hydrogen-bond donors (Lipinski definition) is 0. The molecule has 2 aromatic carbocycles. The number of benzene rings is 2. The maximum absolute atomic E-state index is 5.89. The van der Waals surface area contributed by atoms with Gasteiger partial charge in [-0.3, -0.25) is 0 Å². The zero-order valence-corrected chi connectivity index (χ0v) is 14.3. The van der Waals surface area contributed by atoms with E-state index in [1.165, 1.54) is 5.56 Å². The molecule has 2 aromatic heterocycles. The molecular formula is C20H17N3O2. The number of ether oxygens (including phenoxy) is 1. The van der Waals surface area contributed by atoms with E-state index in [2.05, 4.69) is 15.2 Å². The average Bonchev–Trinajstić information content (AvgIpc) is 3.11. The van der Waals surface area contributed by atoms with Gasteiger partial charge in [-0.1, -0.05) is 29.8 Å². The van der Waals surface area contributed by atoms with Crippen molar-refractivity contribution in [3.05, 3.63) is 59.8 Å². The predicted octanol–water partition coefficient (Wildman–Crippen LogP) is 4.58. The van der Waals surface area contributed by atoms with E-state index >= 15 is 0 Å². The van der Waals surface area contributed by atoms with E-state index in [0.717, 1.165) is 33.5 Å². The molecule has 0 atom stereocenters. The summed E-state index contributed by atoms with van der Waals surface area (Å²) in [6.45, 7) is 3.97. The summed E-state index contributed by atoms with van der Waals surface area (Å²) in [7, 11) is 1.64. The van der Waals surface area contributed by atoms with Crippen LogP contribution in [0.1, 0.15) is 11.3 Å². The Kier molecular flexibility index (Phi) is 3.69.